The Bertz CT molecular complexity index is 610. The Morgan fingerprint density at radius 1 is 1.42 bits per heavy atom. The Balaban J connectivity index is 1.95. The largest absolute Gasteiger partial charge is 0.347 e. The zero-order valence-corrected chi connectivity index (χ0v) is 11.0. The zero-order chi connectivity index (χ0) is 13.5. The first-order chi connectivity index (χ1) is 9.29. The van der Waals surface area contributed by atoms with Crippen LogP contribution in [0.3, 0.4) is 0 Å². The highest BCUT2D eigenvalue weighted by Gasteiger charge is 2.07. The first-order valence-electron chi connectivity index (χ1n) is 5.75. The molecule has 0 saturated heterocycles. The van der Waals surface area contributed by atoms with Gasteiger partial charge < -0.3 is 11.1 Å². The Morgan fingerprint density at radius 3 is 3.05 bits per heavy atom. The van der Waals surface area contributed by atoms with Gasteiger partial charge in [-0.15, -0.1) is 11.3 Å². The molecule has 0 atom stereocenters. The van der Waals surface area contributed by atoms with E-state index in [4.69, 9.17) is 5.73 Å². The minimum Gasteiger partial charge on any atom is -0.347 e. The Morgan fingerprint density at radius 2 is 2.32 bits per heavy atom. The molecule has 0 spiro atoms. The number of aromatic nitrogens is 1. The van der Waals surface area contributed by atoms with Crippen LogP contribution in [0, 0.1) is 11.8 Å². The summed E-state index contributed by atoms with van der Waals surface area (Å²) in [5.41, 5.74) is 6.27. The fourth-order valence-electron chi connectivity index (χ4n) is 1.44. The SMILES string of the molecule is NCC#Cc1ccc(C(=O)NCc2cccnc2)s1. The molecule has 1 amide bonds. The number of nitrogens with two attached hydrogens (primary N) is 1. The van der Waals surface area contributed by atoms with Crippen LogP contribution >= 0.6 is 11.3 Å². The van der Waals surface area contributed by atoms with Gasteiger partial charge >= 0.3 is 0 Å². The molecule has 5 heteroatoms. The second kappa shape index (κ2) is 6.69. The minimum absolute atomic E-state index is 0.102. The van der Waals surface area contributed by atoms with Crippen LogP contribution < -0.4 is 11.1 Å². The van der Waals surface area contributed by atoms with E-state index in [2.05, 4.69) is 22.1 Å². The molecule has 2 heterocycles. The molecule has 0 fully saturated rings. The molecular formula is C14H13N3OS. The predicted octanol–water partition coefficient (Wildman–Crippen LogP) is 1.38. The number of pyridine rings is 1. The molecule has 0 aliphatic rings. The highest BCUT2D eigenvalue weighted by Crippen LogP contribution is 2.15. The highest BCUT2D eigenvalue weighted by molar-refractivity contribution is 7.14. The normalized spacial score (nSPS) is 9.53. The van der Waals surface area contributed by atoms with Crippen molar-refractivity contribution in [1.29, 1.82) is 0 Å². The average Bonchev–Trinajstić information content (AvgIpc) is 2.92. The number of amides is 1. The van der Waals surface area contributed by atoms with E-state index in [0.717, 1.165) is 10.4 Å². The van der Waals surface area contributed by atoms with Crippen molar-refractivity contribution in [3.63, 3.8) is 0 Å². The van der Waals surface area contributed by atoms with E-state index in [1.165, 1.54) is 11.3 Å². The molecule has 3 N–H and O–H groups in total. The number of thiophene rings is 1. The molecule has 19 heavy (non-hydrogen) atoms. The number of nitrogens with zero attached hydrogens (tertiary/aromatic N) is 1. The van der Waals surface area contributed by atoms with E-state index >= 15 is 0 Å². The number of hydrogen-bond acceptors (Lipinski definition) is 4. The summed E-state index contributed by atoms with van der Waals surface area (Å²) in [6.07, 6.45) is 3.43. The molecule has 0 unspecified atom stereocenters. The van der Waals surface area contributed by atoms with E-state index in [0.29, 0.717) is 18.0 Å². The van der Waals surface area contributed by atoms with E-state index in [-0.39, 0.29) is 5.91 Å². The lowest BCUT2D eigenvalue weighted by atomic mass is 10.3. The fourth-order valence-corrected chi connectivity index (χ4v) is 2.23. The molecule has 0 saturated carbocycles. The topological polar surface area (TPSA) is 68.0 Å². The molecule has 96 valence electrons. The third kappa shape index (κ3) is 3.91. The molecule has 0 aromatic carbocycles. The van der Waals surface area contributed by atoms with Crippen molar-refractivity contribution >= 4 is 17.2 Å². The molecule has 0 aliphatic carbocycles. The van der Waals surface area contributed by atoms with Gasteiger partial charge in [-0.3, -0.25) is 9.78 Å². The van der Waals surface area contributed by atoms with E-state index in [1.807, 2.05) is 18.2 Å². The Labute approximate surface area is 115 Å². The summed E-state index contributed by atoms with van der Waals surface area (Å²) in [5.74, 6) is 5.57. The standard InChI is InChI=1S/C14H13N3OS/c15-7-1-4-12-5-6-13(19-12)14(18)17-10-11-3-2-8-16-9-11/h2-3,5-6,8-9H,7,10,15H2,(H,17,18). The van der Waals surface area contributed by atoms with Crippen molar-refractivity contribution in [2.24, 2.45) is 5.73 Å². The summed E-state index contributed by atoms with van der Waals surface area (Å²) in [6, 6.07) is 7.35. The molecule has 2 aromatic rings. The highest BCUT2D eigenvalue weighted by atomic mass is 32.1. The van der Waals surface area contributed by atoms with Gasteiger partial charge in [-0.05, 0) is 23.8 Å². The summed E-state index contributed by atoms with van der Waals surface area (Å²) in [4.78, 5) is 17.4. The quantitative estimate of drug-likeness (QED) is 0.829. The minimum atomic E-state index is -0.102. The summed E-state index contributed by atoms with van der Waals surface area (Å²) in [5, 5.41) is 2.84. The Kier molecular flexibility index (Phi) is 4.67. The van der Waals surface area contributed by atoms with Crippen LogP contribution in [-0.4, -0.2) is 17.4 Å². The van der Waals surface area contributed by atoms with Gasteiger partial charge in [-0.2, -0.15) is 0 Å². The lowest BCUT2D eigenvalue weighted by molar-refractivity contribution is 0.0955. The van der Waals surface area contributed by atoms with Gasteiger partial charge in [0.15, 0.2) is 0 Å². The maximum atomic E-state index is 11.9. The fraction of sp³-hybridized carbons (Fsp3) is 0.143. The maximum absolute atomic E-state index is 11.9. The van der Waals surface area contributed by atoms with Crippen LogP contribution in [0.25, 0.3) is 0 Å². The van der Waals surface area contributed by atoms with Crippen LogP contribution in [0.2, 0.25) is 0 Å². The van der Waals surface area contributed by atoms with Gasteiger partial charge in [0.25, 0.3) is 5.91 Å². The number of nitrogens with one attached hydrogen (secondary N) is 1. The summed E-state index contributed by atoms with van der Waals surface area (Å²) in [7, 11) is 0. The summed E-state index contributed by atoms with van der Waals surface area (Å²) < 4.78 is 0. The maximum Gasteiger partial charge on any atom is 0.261 e. The zero-order valence-electron chi connectivity index (χ0n) is 10.2. The average molecular weight is 271 g/mol. The van der Waals surface area contributed by atoms with Crippen LogP contribution in [0.4, 0.5) is 0 Å². The number of rotatable bonds is 3. The van der Waals surface area contributed by atoms with Crippen molar-refractivity contribution in [1.82, 2.24) is 10.3 Å². The number of carbonyl (C=O) groups excluding carboxylic acids is 1. The second-order valence-corrected chi connectivity index (χ2v) is 4.80. The predicted molar refractivity (Wildman–Crippen MR) is 75.7 cm³/mol. The first kappa shape index (κ1) is 13.3. The smallest absolute Gasteiger partial charge is 0.261 e. The van der Waals surface area contributed by atoms with Gasteiger partial charge in [0, 0.05) is 18.9 Å². The first-order valence-corrected chi connectivity index (χ1v) is 6.57. The van der Waals surface area contributed by atoms with Crippen molar-refractivity contribution in [3.8, 4) is 11.8 Å². The van der Waals surface area contributed by atoms with E-state index < -0.39 is 0 Å². The molecule has 0 bridgehead atoms. The van der Waals surface area contributed by atoms with Crippen LogP contribution in [-0.2, 0) is 6.54 Å². The van der Waals surface area contributed by atoms with Gasteiger partial charge in [0.1, 0.15) is 0 Å². The summed E-state index contributed by atoms with van der Waals surface area (Å²) in [6.45, 7) is 0.787. The molecule has 0 aliphatic heterocycles. The molecule has 4 nitrogen and oxygen atoms in total. The monoisotopic (exact) mass is 271 g/mol. The van der Waals surface area contributed by atoms with Gasteiger partial charge in [0.05, 0.1) is 16.3 Å². The van der Waals surface area contributed by atoms with Crippen molar-refractivity contribution in [2.75, 3.05) is 6.54 Å². The van der Waals surface area contributed by atoms with E-state index in [9.17, 15) is 4.79 Å². The molecule has 2 rings (SSSR count). The second-order valence-electron chi connectivity index (χ2n) is 3.71. The lowest BCUT2D eigenvalue weighted by Gasteiger charge is -2.02. The van der Waals surface area contributed by atoms with Crippen molar-refractivity contribution in [3.05, 3.63) is 52.0 Å². The molecule has 0 radical (unpaired) electrons. The number of carbonyl (C=O) groups is 1. The molecule has 2 aromatic heterocycles. The van der Waals surface area contributed by atoms with Crippen LogP contribution in [0.5, 0.6) is 0 Å². The third-order valence-corrected chi connectivity index (χ3v) is 3.32. The van der Waals surface area contributed by atoms with Gasteiger partial charge in [-0.25, -0.2) is 0 Å². The van der Waals surface area contributed by atoms with Crippen molar-refractivity contribution < 1.29 is 4.79 Å². The van der Waals surface area contributed by atoms with Crippen LogP contribution in [0.15, 0.2) is 36.7 Å². The Hall–Kier alpha value is -2.16. The van der Waals surface area contributed by atoms with Crippen LogP contribution in [0.1, 0.15) is 20.1 Å². The lowest BCUT2D eigenvalue weighted by Crippen LogP contribution is -2.21. The molecular weight excluding hydrogens is 258 g/mol. The van der Waals surface area contributed by atoms with Gasteiger partial charge in [0.2, 0.25) is 0 Å². The summed E-state index contributed by atoms with van der Waals surface area (Å²) >= 11 is 1.36. The van der Waals surface area contributed by atoms with E-state index in [1.54, 1.807) is 18.5 Å². The van der Waals surface area contributed by atoms with Gasteiger partial charge in [-0.1, -0.05) is 17.9 Å². The third-order valence-electron chi connectivity index (χ3n) is 2.32. The number of hydrogen-bond donors (Lipinski definition) is 2. The van der Waals surface area contributed by atoms with Crippen molar-refractivity contribution in [2.45, 2.75) is 6.54 Å².